The first-order chi connectivity index (χ1) is 13.0. The van der Waals surface area contributed by atoms with Crippen LogP contribution in [-0.2, 0) is 11.3 Å². The second kappa shape index (κ2) is 8.82. The Hall–Kier alpha value is -1.96. The number of nitrogens with zero attached hydrogens (tertiary/aromatic N) is 3. The number of anilines is 1. The largest absolute Gasteiger partial charge is 0.322 e. The van der Waals surface area contributed by atoms with Crippen LogP contribution in [0.2, 0.25) is 0 Å². The molecule has 1 N–H and O–H groups in total. The normalized spacial score (nSPS) is 11.1. The molecule has 0 bridgehead atoms. The van der Waals surface area contributed by atoms with Crippen LogP contribution >= 0.6 is 27.3 Å². The summed E-state index contributed by atoms with van der Waals surface area (Å²) in [5.74, 6) is -0.0220. The molecule has 2 heterocycles. The van der Waals surface area contributed by atoms with E-state index in [0.29, 0.717) is 6.54 Å². The Kier molecular flexibility index (Phi) is 6.46. The van der Waals surface area contributed by atoms with Gasteiger partial charge in [-0.25, -0.2) is 4.68 Å². The highest BCUT2D eigenvalue weighted by atomic mass is 79.9. The molecule has 0 aliphatic heterocycles. The first-order valence-electron chi connectivity index (χ1n) is 8.86. The average molecular weight is 447 g/mol. The predicted molar refractivity (Wildman–Crippen MR) is 115 cm³/mol. The summed E-state index contributed by atoms with van der Waals surface area (Å²) in [6, 6.07) is 14.1. The Balaban J connectivity index is 1.69. The summed E-state index contributed by atoms with van der Waals surface area (Å²) in [6.45, 7) is 7.89. The van der Waals surface area contributed by atoms with Gasteiger partial charge >= 0.3 is 0 Å². The average Bonchev–Trinajstić information content (AvgIpc) is 3.19. The number of aromatic nitrogens is 2. The number of thiophene rings is 1. The van der Waals surface area contributed by atoms with Crippen molar-refractivity contribution in [2.75, 3.05) is 18.4 Å². The van der Waals surface area contributed by atoms with E-state index in [0.717, 1.165) is 39.6 Å². The third-order valence-electron chi connectivity index (χ3n) is 4.38. The summed E-state index contributed by atoms with van der Waals surface area (Å²) in [4.78, 5) is 16.0. The van der Waals surface area contributed by atoms with Crippen molar-refractivity contribution < 1.29 is 4.79 Å². The maximum Gasteiger partial charge on any atom is 0.238 e. The molecule has 0 atom stereocenters. The lowest BCUT2D eigenvalue weighted by molar-refractivity contribution is -0.117. The van der Waals surface area contributed by atoms with Gasteiger partial charge in [0.25, 0.3) is 0 Å². The highest BCUT2D eigenvalue weighted by Gasteiger charge is 2.17. The van der Waals surface area contributed by atoms with Crippen LogP contribution in [0.5, 0.6) is 0 Å². The Morgan fingerprint density at radius 3 is 2.59 bits per heavy atom. The molecule has 0 saturated heterocycles. The number of amides is 1. The molecule has 0 saturated carbocycles. The zero-order valence-electron chi connectivity index (χ0n) is 15.7. The van der Waals surface area contributed by atoms with Gasteiger partial charge in [-0.3, -0.25) is 9.69 Å². The fourth-order valence-corrected chi connectivity index (χ4v) is 4.49. The number of nitrogens with one attached hydrogen (secondary N) is 1. The summed E-state index contributed by atoms with van der Waals surface area (Å²) in [5.41, 5.74) is 3.52. The second-order valence-corrected chi connectivity index (χ2v) is 8.90. The molecule has 0 unspecified atom stereocenters. The maximum atomic E-state index is 12.6. The molecule has 3 aromatic rings. The SMILES string of the molecule is CCN(CC(=O)Nc1c(C)nn(-c2ccccc2)c1C)Cc1ccc(Br)s1. The lowest BCUT2D eigenvalue weighted by Crippen LogP contribution is -2.32. The molecule has 1 amide bonds. The van der Waals surface area contributed by atoms with Crippen molar-refractivity contribution in [1.29, 1.82) is 0 Å². The molecule has 2 aromatic heterocycles. The van der Waals surface area contributed by atoms with Crippen LogP contribution < -0.4 is 5.32 Å². The first kappa shape index (κ1) is 19.8. The van der Waals surface area contributed by atoms with Crippen LogP contribution in [0.25, 0.3) is 5.69 Å². The summed E-state index contributed by atoms with van der Waals surface area (Å²) in [6.07, 6.45) is 0. The number of benzene rings is 1. The van der Waals surface area contributed by atoms with Gasteiger partial charge in [-0.05, 0) is 60.6 Å². The molecule has 3 rings (SSSR count). The van der Waals surface area contributed by atoms with E-state index in [1.807, 2.05) is 54.9 Å². The lowest BCUT2D eigenvalue weighted by Gasteiger charge is -2.19. The van der Waals surface area contributed by atoms with Gasteiger partial charge in [0.15, 0.2) is 0 Å². The van der Waals surface area contributed by atoms with Crippen molar-refractivity contribution in [2.24, 2.45) is 0 Å². The van der Waals surface area contributed by atoms with Crippen LogP contribution in [0.3, 0.4) is 0 Å². The predicted octanol–water partition coefficient (Wildman–Crippen LogP) is 4.77. The van der Waals surface area contributed by atoms with Crippen LogP contribution in [0.4, 0.5) is 5.69 Å². The van der Waals surface area contributed by atoms with E-state index in [-0.39, 0.29) is 5.91 Å². The van der Waals surface area contributed by atoms with Gasteiger partial charge in [0.2, 0.25) is 5.91 Å². The van der Waals surface area contributed by atoms with Gasteiger partial charge in [0.1, 0.15) is 0 Å². The number of halogens is 1. The second-order valence-electron chi connectivity index (χ2n) is 6.35. The van der Waals surface area contributed by atoms with Crippen LogP contribution in [0, 0.1) is 13.8 Å². The Labute approximate surface area is 172 Å². The van der Waals surface area contributed by atoms with Crippen molar-refractivity contribution in [1.82, 2.24) is 14.7 Å². The summed E-state index contributed by atoms with van der Waals surface area (Å²) >= 11 is 5.19. The van der Waals surface area contributed by atoms with Crippen LogP contribution in [0.1, 0.15) is 23.2 Å². The molecule has 27 heavy (non-hydrogen) atoms. The first-order valence-corrected chi connectivity index (χ1v) is 10.5. The van der Waals surface area contributed by atoms with E-state index < -0.39 is 0 Å². The number of aryl methyl sites for hydroxylation is 1. The van der Waals surface area contributed by atoms with E-state index in [1.165, 1.54) is 4.88 Å². The molecular formula is C20H23BrN4OS. The molecule has 142 valence electrons. The van der Waals surface area contributed by atoms with Gasteiger partial charge in [0.05, 0.1) is 33.1 Å². The minimum atomic E-state index is -0.0220. The van der Waals surface area contributed by atoms with Crippen molar-refractivity contribution in [3.8, 4) is 5.69 Å². The summed E-state index contributed by atoms with van der Waals surface area (Å²) in [5, 5.41) is 7.64. The van der Waals surface area contributed by atoms with Gasteiger partial charge < -0.3 is 5.32 Å². The van der Waals surface area contributed by atoms with Crippen molar-refractivity contribution >= 4 is 38.9 Å². The highest BCUT2D eigenvalue weighted by Crippen LogP contribution is 2.24. The third-order valence-corrected chi connectivity index (χ3v) is 5.99. The molecule has 0 spiro atoms. The van der Waals surface area contributed by atoms with Crippen molar-refractivity contribution in [3.05, 3.63) is 62.5 Å². The van der Waals surface area contributed by atoms with Gasteiger partial charge in [-0.2, -0.15) is 5.10 Å². The van der Waals surface area contributed by atoms with E-state index >= 15 is 0 Å². The number of hydrogen-bond acceptors (Lipinski definition) is 4. The van der Waals surface area contributed by atoms with E-state index in [1.54, 1.807) is 11.3 Å². The minimum Gasteiger partial charge on any atom is -0.322 e. The molecule has 0 radical (unpaired) electrons. The summed E-state index contributed by atoms with van der Waals surface area (Å²) < 4.78 is 2.98. The molecule has 0 aliphatic carbocycles. The van der Waals surface area contributed by atoms with Crippen molar-refractivity contribution in [2.45, 2.75) is 27.3 Å². The molecule has 0 fully saturated rings. The number of carbonyl (C=O) groups excluding carboxylic acids is 1. The molecular weight excluding hydrogens is 424 g/mol. The topological polar surface area (TPSA) is 50.2 Å². The van der Waals surface area contributed by atoms with E-state index in [9.17, 15) is 4.79 Å². The zero-order chi connectivity index (χ0) is 19.4. The maximum absolute atomic E-state index is 12.6. The van der Waals surface area contributed by atoms with E-state index in [2.05, 4.69) is 44.2 Å². The minimum absolute atomic E-state index is 0.0220. The van der Waals surface area contributed by atoms with Gasteiger partial charge in [-0.1, -0.05) is 25.1 Å². The quantitative estimate of drug-likeness (QED) is 0.568. The van der Waals surface area contributed by atoms with E-state index in [4.69, 9.17) is 0 Å². The molecule has 7 heteroatoms. The fraction of sp³-hybridized carbons (Fsp3) is 0.300. The molecule has 0 aliphatic rings. The smallest absolute Gasteiger partial charge is 0.238 e. The number of likely N-dealkylation sites (N-methyl/N-ethyl adjacent to an activating group) is 1. The van der Waals surface area contributed by atoms with Crippen LogP contribution in [0.15, 0.2) is 46.3 Å². The third kappa shape index (κ3) is 4.86. The highest BCUT2D eigenvalue weighted by molar-refractivity contribution is 9.11. The van der Waals surface area contributed by atoms with Gasteiger partial charge in [0, 0.05) is 11.4 Å². The summed E-state index contributed by atoms with van der Waals surface area (Å²) in [7, 11) is 0. The number of rotatable bonds is 7. The fourth-order valence-electron chi connectivity index (χ4n) is 2.96. The number of carbonyl (C=O) groups is 1. The Morgan fingerprint density at radius 1 is 1.22 bits per heavy atom. The Bertz CT molecular complexity index is 919. The molecule has 5 nitrogen and oxygen atoms in total. The molecule has 1 aromatic carbocycles. The number of hydrogen-bond donors (Lipinski definition) is 1. The zero-order valence-corrected chi connectivity index (χ0v) is 18.1. The Morgan fingerprint density at radius 2 is 1.96 bits per heavy atom. The standard InChI is InChI=1S/C20H23BrN4OS/c1-4-24(12-17-10-11-18(21)27-17)13-19(26)22-20-14(2)23-25(15(20)3)16-8-6-5-7-9-16/h5-11H,4,12-13H2,1-3H3,(H,22,26). The number of para-hydroxylation sites is 1. The monoisotopic (exact) mass is 446 g/mol. The van der Waals surface area contributed by atoms with Gasteiger partial charge in [-0.15, -0.1) is 11.3 Å². The lowest BCUT2D eigenvalue weighted by atomic mass is 10.3. The van der Waals surface area contributed by atoms with Crippen LogP contribution in [-0.4, -0.2) is 33.7 Å². The van der Waals surface area contributed by atoms with Crippen molar-refractivity contribution in [3.63, 3.8) is 0 Å².